The van der Waals surface area contributed by atoms with Gasteiger partial charge in [-0.1, -0.05) is 24.4 Å². The van der Waals surface area contributed by atoms with Crippen LogP contribution in [-0.2, 0) is 4.79 Å². The van der Waals surface area contributed by atoms with Crippen LogP contribution in [0.2, 0.25) is 0 Å². The van der Waals surface area contributed by atoms with Crippen LogP contribution in [0.4, 0.5) is 0 Å². The lowest BCUT2D eigenvalue weighted by atomic mass is 10.2. The van der Waals surface area contributed by atoms with Crippen molar-refractivity contribution in [2.45, 2.75) is 26.3 Å². The average Bonchev–Trinajstić information content (AvgIpc) is 2.44. The normalized spacial score (nSPS) is 10.9. The maximum absolute atomic E-state index is 12.2. The Kier molecular flexibility index (Phi) is 6.88. The van der Waals surface area contributed by atoms with E-state index in [4.69, 9.17) is 22.7 Å². The van der Waals surface area contributed by atoms with Crippen LogP contribution in [-0.4, -0.2) is 35.5 Å². The smallest absolute Gasteiger partial charge is 0.246 e. The Morgan fingerprint density at radius 1 is 1.48 bits per heavy atom. The van der Waals surface area contributed by atoms with Crippen LogP contribution in [0.15, 0.2) is 30.3 Å². The molecule has 0 saturated carbocycles. The molecule has 21 heavy (non-hydrogen) atoms. The van der Waals surface area contributed by atoms with Gasteiger partial charge in [0.1, 0.15) is 5.75 Å². The highest BCUT2D eigenvalue weighted by Crippen LogP contribution is 2.14. The predicted octanol–water partition coefficient (Wildman–Crippen LogP) is 2.62. The Hall–Kier alpha value is -1.88. The van der Waals surface area contributed by atoms with Gasteiger partial charge in [0, 0.05) is 25.1 Å². The Morgan fingerprint density at radius 3 is 2.76 bits per heavy atom. The molecular formula is C16H22N2O2S. The summed E-state index contributed by atoms with van der Waals surface area (Å²) in [5.41, 5.74) is 6.42. The molecule has 1 aromatic rings. The zero-order valence-electron chi connectivity index (χ0n) is 12.7. The summed E-state index contributed by atoms with van der Waals surface area (Å²) in [6.07, 6.45) is 3.88. The van der Waals surface area contributed by atoms with Gasteiger partial charge in [-0.2, -0.15) is 0 Å². The van der Waals surface area contributed by atoms with E-state index in [0.717, 1.165) is 11.3 Å². The molecule has 4 nitrogen and oxygen atoms in total. The average molecular weight is 306 g/mol. The van der Waals surface area contributed by atoms with Crippen LogP contribution in [0.1, 0.15) is 25.8 Å². The number of hydrogen-bond acceptors (Lipinski definition) is 3. The van der Waals surface area contributed by atoms with E-state index in [2.05, 4.69) is 0 Å². The van der Waals surface area contributed by atoms with E-state index < -0.39 is 0 Å². The number of thiocarbonyl (C=S) groups is 1. The van der Waals surface area contributed by atoms with E-state index in [9.17, 15) is 4.79 Å². The number of benzene rings is 1. The van der Waals surface area contributed by atoms with Gasteiger partial charge >= 0.3 is 0 Å². The summed E-state index contributed by atoms with van der Waals surface area (Å²) in [5, 5.41) is 0. The van der Waals surface area contributed by atoms with Gasteiger partial charge in [-0.15, -0.1) is 0 Å². The molecule has 0 saturated heterocycles. The fraction of sp³-hybridized carbons (Fsp3) is 0.375. The minimum Gasteiger partial charge on any atom is -0.497 e. The first-order chi connectivity index (χ1) is 9.93. The van der Waals surface area contributed by atoms with E-state index >= 15 is 0 Å². The Bertz CT molecular complexity index is 527. The zero-order chi connectivity index (χ0) is 15.8. The van der Waals surface area contributed by atoms with Gasteiger partial charge in [-0.3, -0.25) is 4.79 Å². The SMILES string of the molecule is COc1cccc(/C=C/C(=O)N(CCC(N)=S)C(C)C)c1. The van der Waals surface area contributed by atoms with Crippen LogP contribution in [0.5, 0.6) is 5.75 Å². The van der Waals surface area contributed by atoms with E-state index in [1.54, 1.807) is 24.2 Å². The molecule has 0 heterocycles. The van der Waals surface area contributed by atoms with Crippen LogP contribution in [0.3, 0.4) is 0 Å². The van der Waals surface area contributed by atoms with Gasteiger partial charge in [0.2, 0.25) is 5.91 Å². The van der Waals surface area contributed by atoms with Crippen molar-refractivity contribution < 1.29 is 9.53 Å². The number of amides is 1. The third-order valence-corrected chi connectivity index (χ3v) is 3.22. The maximum atomic E-state index is 12.2. The Morgan fingerprint density at radius 2 is 2.19 bits per heavy atom. The number of methoxy groups -OCH3 is 1. The van der Waals surface area contributed by atoms with E-state index in [-0.39, 0.29) is 11.9 Å². The lowest BCUT2D eigenvalue weighted by molar-refractivity contribution is -0.127. The first-order valence-electron chi connectivity index (χ1n) is 6.85. The molecule has 0 fully saturated rings. The first kappa shape index (κ1) is 17.2. The van der Waals surface area contributed by atoms with Crippen molar-refractivity contribution in [3.63, 3.8) is 0 Å². The molecule has 0 spiro atoms. The molecule has 0 aliphatic carbocycles. The topological polar surface area (TPSA) is 55.6 Å². The number of rotatable bonds is 7. The highest BCUT2D eigenvalue weighted by Gasteiger charge is 2.14. The van der Waals surface area contributed by atoms with Gasteiger partial charge in [-0.05, 0) is 37.6 Å². The number of nitrogens with zero attached hydrogens (tertiary/aromatic N) is 1. The number of carbonyl (C=O) groups excluding carboxylic acids is 1. The molecule has 0 bridgehead atoms. The van der Waals surface area contributed by atoms with Gasteiger partial charge in [0.05, 0.1) is 12.1 Å². The van der Waals surface area contributed by atoms with Crippen LogP contribution < -0.4 is 10.5 Å². The second-order valence-electron chi connectivity index (χ2n) is 4.95. The van der Waals surface area contributed by atoms with Crippen molar-refractivity contribution in [1.29, 1.82) is 0 Å². The predicted molar refractivity (Wildman–Crippen MR) is 90.3 cm³/mol. The first-order valence-corrected chi connectivity index (χ1v) is 7.26. The molecular weight excluding hydrogens is 284 g/mol. The third-order valence-electron chi connectivity index (χ3n) is 3.02. The summed E-state index contributed by atoms with van der Waals surface area (Å²) >= 11 is 4.86. The zero-order valence-corrected chi connectivity index (χ0v) is 13.5. The molecule has 1 rings (SSSR count). The molecule has 5 heteroatoms. The molecule has 0 aromatic heterocycles. The van der Waals surface area contributed by atoms with E-state index in [0.29, 0.717) is 18.0 Å². The standard InChI is InChI=1S/C16H22N2O2S/c1-12(2)18(10-9-15(17)21)16(19)8-7-13-5-4-6-14(11-13)20-3/h4-8,11-12H,9-10H2,1-3H3,(H2,17,21)/b8-7+. The summed E-state index contributed by atoms with van der Waals surface area (Å²) < 4.78 is 5.15. The Balaban J connectivity index is 2.75. The van der Waals surface area contributed by atoms with Gasteiger partial charge in [0.15, 0.2) is 0 Å². The molecule has 0 aliphatic rings. The number of nitrogens with two attached hydrogens (primary N) is 1. The second kappa shape index (κ2) is 8.42. The lowest BCUT2D eigenvalue weighted by Crippen LogP contribution is -2.37. The summed E-state index contributed by atoms with van der Waals surface area (Å²) in [7, 11) is 1.62. The fourth-order valence-electron chi connectivity index (χ4n) is 1.86. The van der Waals surface area contributed by atoms with Crippen molar-refractivity contribution in [1.82, 2.24) is 4.90 Å². The summed E-state index contributed by atoms with van der Waals surface area (Å²) in [4.78, 5) is 14.4. The van der Waals surface area contributed by atoms with Crippen LogP contribution in [0, 0.1) is 0 Å². The quantitative estimate of drug-likeness (QED) is 0.621. The molecule has 0 radical (unpaired) electrons. The van der Waals surface area contributed by atoms with Crippen molar-refractivity contribution in [3.8, 4) is 5.75 Å². The number of hydrogen-bond donors (Lipinski definition) is 1. The molecule has 114 valence electrons. The largest absolute Gasteiger partial charge is 0.497 e. The molecule has 0 atom stereocenters. The fourth-order valence-corrected chi connectivity index (χ4v) is 1.95. The van der Waals surface area contributed by atoms with Gasteiger partial charge in [0.25, 0.3) is 0 Å². The second-order valence-corrected chi connectivity index (χ2v) is 5.48. The number of carbonyl (C=O) groups is 1. The minimum atomic E-state index is -0.0518. The van der Waals surface area contributed by atoms with Crippen molar-refractivity contribution in [3.05, 3.63) is 35.9 Å². The van der Waals surface area contributed by atoms with Crippen molar-refractivity contribution in [2.24, 2.45) is 5.73 Å². The molecule has 1 amide bonds. The molecule has 0 aliphatic heterocycles. The summed E-state index contributed by atoms with van der Waals surface area (Å²) in [5.74, 6) is 0.711. The van der Waals surface area contributed by atoms with E-state index in [1.807, 2.05) is 38.1 Å². The monoisotopic (exact) mass is 306 g/mol. The highest BCUT2D eigenvalue weighted by atomic mass is 32.1. The van der Waals surface area contributed by atoms with Crippen LogP contribution in [0.25, 0.3) is 6.08 Å². The van der Waals surface area contributed by atoms with Crippen molar-refractivity contribution in [2.75, 3.05) is 13.7 Å². The van der Waals surface area contributed by atoms with E-state index in [1.165, 1.54) is 0 Å². The van der Waals surface area contributed by atoms with Gasteiger partial charge < -0.3 is 15.4 Å². The highest BCUT2D eigenvalue weighted by molar-refractivity contribution is 7.80. The summed E-state index contributed by atoms with van der Waals surface area (Å²) in [6.45, 7) is 4.47. The van der Waals surface area contributed by atoms with Crippen LogP contribution >= 0.6 is 12.2 Å². The summed E-state index contributed by atoms with van der Waals surface area (Å²) in [6, 6.07) is 7.64. The lowest BCUT2D eigenvalue weighted by Gasteiger charge is -2.25. The Labute approximate surface area is 131 Å². The minimum absolute atomic E-state index is 0.0518. The van der Waals surface area contributed by atoms with Crippen molar-refractivity contribution >= 4 is 29.2 Å². The maximum Gasteiger partial charge on any atom is 0.246 e. The molecule has 2 N–H and O–H groups in total. The third kappa shape index (κ3) is 5.95. The molecule has 1 aromatic carbocycles. The molecule has 0 unspecified atom stereocenters. The number of ether oxygens (including phenoxy) is 1. The van der Waals surface area contributed by atoms with Gasteiger partial charge in [-0.25, -0.2) is 0 Å².